The number of hydrogen-bond acceptors (Lipinski definition) is 5. The van der Waals surface area contributed by atoms with Gasteiger partial charge in [0.05, 0.1) is 23.8 Å². The summed E-state index contributed by atoms with van der Waals surface area (Å²) >= 11 is 0. The molecule has 0 bridgehead atoms. The van der Waals surface area contributed by atoms with Crippen molar-refractivity contribution in [2.24, 2.45) is 5.41 Å². The van der Waals surface area contributed by atoms with Crippen LogP contribution in [0.15, 0.2) is 35.5 Å². The Balaban J connectivity index is 1.55. The van der Waals surface area contributed by atoms with Crippen molar-refractivity contribution in [2.45, 2.75) is 71.0 Å². The van der Waals surface area contributed by atoms with E-state index in [1.54, 1.807) is 6.92 Å². The number of carbonyl (C=O) groups is 1. The highest BCUT2D eigenvalue weighted by Crippen LogP contribution is 2.59. The van der Waals surface area contributed by atoms with Gasteiger partial charge in [-0.1, -0.05) is 12.5 Å². The highest BCUT2D eigenvalue weighted by molar-refractivity contribution is 5.70. The van der Waals surface area contributed by atoms with Crippen molar-refractivity contribution in [3.8, 4) is 0 Å². The predicted octanol–water partition coefficient (Wildman–Crippen LogP) is 4.02. The topological polar surface area (TPSA) is 48.0 Å². The van der Waals surface area contributed by atoms with Gasteiger partial charge in [0.25, 0.3) is 0 Å². The second-order valence-corrected chi connectivity index (χ2v) is 7.73. The molecular weight excluding hydrogens is 330 g/mol. The van der Waals surface area contributed by atoms with Gasteiger partial charge in [-0.25, -0.2) is 4.79 Å². The van der Waals surface area contributed by atoms with Gasteiger partial charge in [-0.15, -0.1) is 0 Å². The number of ether oxygens (including phenoxy) is 3. The number of carbonyl (C=O) groups excluding carboxylic acids is 1. The van der Waals surface area contributed by atoms with Crippen molar-refractivity contribution >= 4 is 5.97 Å². The van der Waals surface area contributed by atoms with Crippen molar-refractivity contribution in [1.29, 1.82) is 0 Å². The Morgan fingerprint density at radius 1 is 1.42 bits per heavy atom. The molecular formula is C21H29NO4. The van der Waals surface area contributed by atoms with Crippen LogP contribution in [0.2, 0.25) is 0 Å². The zero-order valence-corrected chi connectivity index (χ0v) is 15.8. The van der Waals surface area contributed by atoms with Crippen LogP contribution in [0.25, 0.3) is 0 Å². The average molecular weight is 359 g/mol. The fourth-order valence-corrected chi connectivity index (χ4v) is 4.83. The molecule has 26 heavy (non-hydrogen) atoms. The summed E-state index contributed by atoms with van der Waals surface area (Å²) in [5, 5.41) is 0. The van der Waals surface area contributed by atoms with E-state index in [9.17, 15) is 4.79 Å². The first-order valence-corrected chi connectivity index (χ1v) is 9.98. The molecule has 0 N–H and O–H groups in total. The van der Waals surface area contributed by atoms with E-state index in [2.05, 4.69) is 23.4 Å². The number of allylic oxidation sites excluding steroid dienone is 3. The van der Waals surface area contributed by atoms with E-state index in [1.165, 1.54) is 29.9 Å². The van der Waals surface area contributed by atoms with Gasteiger partial charge in [0.2, 0.25) is 0 Å². The summed E-state index contributed by atoms with van der Waals surface area (Å²) in [6.07, 6.45) is 14.5. The molecule has 3 atom stereocenters. The molecule has 0 aromatic heterocycles. The third-order valence-corrected chi connectivity index (χ3v) is 6.14. The van der Waals surface area contributed by atoms with Crippen LogP contribution >= 0.6 is 0 Å². The second kappa shape index (κ2) is 7.10. The Kier molecular flexibility index (Phi) is 4.82. The maximum absolute atomic E-state index is 11.6. The Hall–Kier alpha value is -1.75. The molecule has 2 fully saturated rings. The molecule has 0 aromatic rings. The number of hydrogen-bond donors (Lipinski definition) is 0. The fraction of sp³-hybridized carbons (Fsp3) is 0.667. The molecule has 0 aromatic carbocycles. The largest absolute Gasteiger partial charge is 0.489 e. The molecule has 4 aliphatic rings. The minimum absolute atomic E-state index is 0.00860. The standard InChI is InChI=1S/C21H29NO4/c1-3-24-19(23)14-25-15(2)18-12-21-10-6-4-8-16(21)13-22-11-7-5-9-17(22)20(21)26-18/h7,11,13,15,18H,3-6,8-10,12,14H2,1-2H3. The van der Waals surface area contributed by atoms with Gasteiger partial charge in [0.1, 0.15) is 18.5 Å². The number of rotatable bonds is 5. The Morgan fingerprint density at radius 3 is 3.15 bits per heavy atom. The van der Waals surface area contributed by atoms with E-state index >= 15 is 0 Å². The first-order valence-electron chi connectivity index (χ1n) is 9.98. The average Bonchev–Trinajstić information content (AvgIpc) is 3.04. The predicted molar refractivity (Wildman–Crippen MR) is 97.8 cm³/mol. The second-order valence-electron chi connectivity index (χ2n) is 7.73. The smallest absolute Gasteiger partial charge is 0.332 e. The lowest BCUT2D eigenvalue weighted by molar-refractivity contribution is -0.152. The monoisotopic (exact) mass is 359 g/mol. The lowest BCUT2D eigenvalue weighted by Crippen LogP contribution is -2.35. The van der Waals surface area contributed by atoms with Crippen LogP contribution in [0.4, 0.5) is 0 Å². The lowest BCUT2D eigenvalue weighted by Gasteiger charge is -2.43. The van der Waals surface area contributed by atoms with Crippen molar-refractivity contribution in [1.82, 2.24) is 4.90 Å². The summed E-state index contributed by atoms with van der Waals surface area (Å²) < 4.78 is 17.3. The van der Waals surface area contributed by atoms with E-state index in [4.69, 9.17) is 14.2 Å². The minimum atomic E-state index is -0.309. The minimum Gasteiger partial charge on any atom is -0.489 e. The molecule has 5 nitrogen and oxygen atoms in total. The quantitative estimate of drug-likeness (QED) is 0.694. The molecule has 0 amide bonds. The van der Waals surface area contributed by atoms with E-state index < -0.39 is 0 Å². The number of fused-ring (bicyclic) bond motifs is 1. The van der Waals surface area contributed by atoms with E-state index in [-0.39, 0.29) is 30.2 Å². The normalized spacial score (nSPS) is 30.8. The van der Waals surface area contributed by atoms with E-state index in [0.29, 0.717) is 6.61 Å². The van der Waals surface area contributed by atoms with Crippen LogP contribution < -0.4 is 0 Å². The third-order valence-electron chi connectivity index (χ3n) is 6.14. The van der Waals surface area contributed by atoms with Crippen molar-refractivity contribution in [3.63, 3.8) is 0 Å². The van der Waals surface area contributed by atoms with Gasteiger partial charge in [0.15, 0.2) is 0 Å². The molecule has 3 unspecified atom stereocenters. The summed E-state index contributed by atoms with van der Waals surface area (Å²) in [6.45, 7) is 4.19. The summed E-state index contributed by atoms with van der Waals surface area (Å²) in [6, 6.07) is 0. The van der Waals surface area contributed by atoms with Crippen LogP contribution in [0.1, 0.15) is 58.8 Å². The molecule has 0 radical (unpaired) electrons. The van der Waals surface area contributed by atoms with Gasteiger partial charge in [-0.2, -0.15) is 0 Å². The number of esters is 1. The molecule has 5 heteroatoms. The van der Waals surface area contributed by atoms with E-state index in [1.807, 2.05) is 6.92 Å². The van der Waals surface area contributed by atoms with Gasteiger partial charge in [0, 0.05) is 18.8 Å². The molecule has 1 saturated heterocycles. The summed E-state index contributed by atoms with van der Waals surface area (Å²) in [7, 11) is 0. The molecule has 4 rings (SSSR count). The third kappa shape index (κ3) is 2.96. The SMILES string of the molecule is CCOC(=O)COC(C)C1CC23CCCCC2=CN2C=CCCC2=C3O1. The maximum Gasteiger partial charge on any atom is 0.332 e. The van der Waals surface area contributed by atoms with Crippen LogP contribution in [0, 0.1) is 5.41 Å². The first-order chi connectivity index (χ1) is 12.6. The Bertz CT molecular complexity index is 665. The molecule has 3 heterocycles. The van der Waals surface area contributed by atoms with Crippen LogP contribution in [-0.2, 0) is 19.0 Å². The Morgan fingerprint density at radius 2 is 2.31 bits per heavy atom. The van der Waals surface area contributed by atoms with Gasteiger partial charge >= 0.3 is 5.97 Å². The summed E-state index contributed by atoms with van der Waals surface area (Å²) in [5.41, 5.74) is 2.88. The molecule has 1 saturated carbocycles. The molecule has 1 aliphatic carbocycles. The fourth-order valence-electron chi connectivity index (χ4n) is 4.83. The van der Waals surface area contributed by atoms with Crippen molar-refractivity contribution < 1.29 is 19.0 Å². The van der Waals surface area contributed by atoms with Crippen LogP contribution in [0.5, 0.6) is 0 Å². The molecule has 142 valence electrons. The first kappa shape index (κ1) is 17.7. The van der Waals surface area contributed by atoms with Gasteiger partial charge < -0.3 is 19.1 Å². The highest BCUT2D eigenvalue weighted by Gasteiger charge is 2.53. The van der Waals surface area contributed by atoms with Gasteiger partial charge in [-0.3, -0.25) is 0 Å². The zero-order chi connectivity index (χ0) is 18.1. The number of nitrogens with zero attached hydrogens (tertiary/aromatic N) is 1. The molecule has 1 spiro atoms. The summed E-state index contributed by atoms with van der Waals surface area (Å²) in [5.74, 6) is 0.868. The van der Waals surface area contributed by atoms with Crippen LogP contribution in [0.3, 0.4) is 0 Å². The highest BCUT2D eigenvalue weighted by atomic mass is 16.6. The maximum atomic E-state index is 11.6. The summed E-state index contributed by atoms with van der Waals surface area (Å²) in [4.78, 5) is 13.9. The van der Waals surface area contributed by atoms with Crippen molar-refractivity contribution in [2.75, 3.05) is 13.2 Å². The molecule has 3 aliphatic heterocycles. The van der Waals surface area contributed by atoms with Gasteiger partial charge in [-0.05, 0) is 51.5 Å². The lowest BCUT2D eigenvalue weighted by atomic mass is 9.65. The van der Waals surface area contributed by atoms with Crippen LogP contribution in [-0.4, -0.2) is 36.3 Å². The zero-order valence-electron chi connectivity index (χ0n) is 15.8. The Labute approximate surface area is 155 Å². The van der Waals surface area contributed by atoms with Crippen molar-refractivity contribution in [3.05, 3.63) is 35.5 Å². The van der Waals surface area contributed by atoms with E-state index in [0.717, 1.165) is 32.1 Å².